The van der Waals surface area contributed by atoms with Gasteiger partial charge in [-0.05, 0) is 51.3 Å². The van der Waals surface area contributed by atoms with Crippen LogP contribution in [-0.2, 0) is 21.0 Å². The fourth-order valence-electron chi connectivity index (χ4n) is 4.85. The standard InChI is InChI=1S/C24H32N6O4/c1-3-26-24(33)30-22-16(2)28(14-18-9-6-8-17-10-7-13-27-21(17)18)23(32)19(11-4-5-12-25)29(22)20(31)15-34-30/h6-10,13,16,19,22H,3-5,11-12,14-15,25H2,1-2H3,(H,26,33)/t16-,19-,22-/m0/s1. The fraction of sp³-hybridized carbons (Fsp3) is 0.500. The van der Waals surface area contributed by atoms with Crippen molar-refractivity contribution in [2.24, 2.45) is 5.73 Å². The quantitative estimate of drug-likeness (QED) is 0.596. The number of urea groups is 1. The average Bonchev–Trinajstić information content (AvgIpc) is 2.84. The van der Waals surface area contributed by atoms with Crippen molar-refractivity contribution in [2.75, 3.05) is 19.7 Å². The van der Waals surface area contributed by atoms with E-state index in [-0.39, 0.29) is 18.4 Å². The molecule has 3 heterocycles. The number of rotatable bonds is 7. The second kappa shape index (κ2) is 10.4. The Morgan fingerprint density at radius 3 is 2.79 bits per heavy atom. The number of hydrogen-bond acceptors (Lipinski definition) is 6. The Morgan fingerprint density at radius 2 is 2.03 bits per heavy atom. The molecule has 0 radical (unpaired) electrons. The molecule has 2 aromatic rings. The number of nitrogens with two attached hydrogens (primary N) is 1. The van der Waals surface area contributed by atoms with E-state index in [1.165, 1.54) is 5.06 Å². The van der Waals surface area contributed by atoms with Gasteiger partial charge in [-0.25, -0.2) is 4.79 Å². The summed E-state index contributed by atoms with van der Waals surface area (Å²) in [5, 5.41) is 4.94. The number of carbonyl (C=O) groups excluding carboxylic acids is 3. The highest BCUT2D eigenvalue weighted by Gasteiger charge is 2.53. The van der Waals surface area contributed by atoms with Crippen LogP contribution in [0.5, 0.6) is 0 Å². The molecule has 0 bridgehead atoms. The number of nitrogens with one attached hydrogen (secondary N) is 1. The summed E-state index contributed by atoms with van der Waals surface area (Å²) in [6, 6.07) is 8.12. The first-order valence-corrected chi connectivity index (χ1v) is 11.8. The predicted octanol–water partition coefficient (Wildman–Crippen LogP) is 1.59. The van der Waals surface area contributed by atoms with E-state index in [4.69, 9.17) is 10.6 Å². The highest BCUT2D eigenvalue weighted by atomic mass is 16.7. The predicted molar refractivity (Wildman–Crippen MR) is 126 cm³/mol. The lowest BCUT2D eigenvalue weighted by Crippen LogP contribution is -2.75. The van der Waals surface area contributed by atoms with E-state index in [0.29, 0.717) is 32.5 Å². The van der Waals surface area contributed by atoms with Gasteiger partial charge < -0.3 is 20.9 Å². The minimum Gasteiger partial charge on any atom is -0.336 e. The van der Waals surface area contributed by atoms with Crippen molar-refractivity contribution in [1.29, 1.82) is 0 Å². The molecule has 34 heavy (non-hydrogen) atoms. The van der Waals surface area contributed by atoms with Gasteiger partial charge in [0.25, 0.3) is 5.91 Å². The van der Waals surface area contributed by atoms with Gasteiger partial charge in [-0.3, -0.25) is 19.4 Å². The number of aromatic nitrogens is 1. The molecule has 0 aliphatic carbocycles. The lowest BCUT2D eigenvalue weighted by atomic mass is 9.96. The minimum absolute atomic E-state index is 0.139. The monoisotopic (exact) mass is 468 g/mol. The summed E-state index contributed by atoms with van der Waals surface area (Å²) < 4.78 is 0. The molecule has 4 amide bonds. The van der Waals surface area contributed by atoms with E-state index in [9.17, 15) is 14.4 Å². The van der Waals surface area contributed by atoms with Crippen LogP contribution in [0.2, 0.25) is 0 Å². The van der Waals surface area contributed by atoms with Crippen molar-refractivity contribution in [3.8, 4) is 0 Å². The van der Waals surface area contributed by atoms with Gasteiger partial charge in [-0.2, -0.15) is 5.06 Å². The molecule has 0 saturated carbocycles. The molecule has 2 aliphatic heterocycles. The van der Waals surface area contributed by atoms with Crippen molar-refractivity contribution in [2.45, 2.75) is 57.9 Å². The number of benzene rings is 1. The summed E-state index contributed by atoms with van der Waals surface area (Å²) in [6.45, 7) is 4.61. The molecule has 0 unspecified atom stereocenters. The Kier molecular flexibility index (Phi) is 7.28. The number of nitrogens with zero attached hydrogens (tertiary/aromatic N) is 4. The third-order valence-electron chi connectivity index (χ3n) is 6.48. The highest BCUT2D eigenvalue weighted by molar-refractivity contribution is 5.91. The maximum atomic E-state index is 13.8. The largest absolute Gasteiger partial charge is 0.343 e. The van der Waals surface area contributed by atoms with Crippen molar-refractivity contribution >= 4 is 28.7 Å². The van der Waals surface area contributed by atoms with Gasteiger partial charge in [0.2, 0.25) is 5.91 Å². The molecule has 182 valence electrons. The van der Waals surface area contributed by atoms with Gasteiger partial charge in [-0.1, -0.05) is 24.3 Å². The second-order valence-electron chi connectivity index (χ2n) is 8.65. The van der Waals surface area contributed by atoms with Crippen molar-refractivity contribution in [3.05, 3.63) is 42.1 Å². The summed E-state index contributed by atoms with van der Waals surface area (Å²) in [5.41, 5.74) is 7.40. The van der Waals surface area contributed by atoms with E-state index in [2.05, 4.69) is 10.3 Å². The van der Waals surface area contributed by atoms with E-state index in [0.717, 1.165) is 22.9 Å². The zero-order valence-electron chi connectivity index (χ0n) is 19.6. The number of piperazine rings is 1. The number of para-hydroxylation sites is 1. The minimum atomic E-state index is -0.740. The third kappa shape index (κ3) is 4.43. The topological polar surface area (TPSA) is 121 Å². The summed E-state index contributed by atoms with van der Waals surface area (Å²) in [7, 11) is 0. The van der Waals surface area contributed by atoms with Crippen LogP contribution in [0, 0.1) is 0 Å². The molecular weight excluding hydrogens is 436 g/mol. The molecule has 1 aromatic carbocycles. The summed E-state index contributed by atoms with van der Waals surface area (Å²) >= 11 is 0. The van der Waals surface area contributed by atoms with Gasteiger partial charge in [0.1, 0.15) is 6.04 Å². The SMILES string of the molecule is CCNC(=O)N1OCC(=O)N2[C@@H]1[C@H](C)N(Cc1cccc3cccnc13)C(=O)[C@@H]2CCCCN. The number of unbranched alkanes of at least 4 members (excludes halogenated alkanes) is 1. The Bertz CT molecular complexity index is 1060. The zero-order valence-corrected chi connectivity index (χ0v) is 19.6. The average molecular weight is 469 g/mol. The van der Waals surface area contributed by atoms with Gasteiger partial charge >= 0.3 is 6.03 Å². The second-order valence-corrected chi connectivity index (χ2v) is 8.65. The maximum Gasteiger partial charge on any atom is 0.343 e. The highest BCUT2D eigenvalue weighted by Crippen LogP contribution is 2.33. The molecule has 4 rings (SSSR count). The molecule has 2 fully saturated rings. The zero-order chi connectivity index (χ0) is 24.2. The van der Waals surface area contributed by atoms with E-state index >= 15 is 0 Å². The van der Waals surface area contributed by atoms with Gasteiger partial charge in [0.15, 0.2) is 12.8 Å². The van der Waals surface area contributed by atoms with Crippen molar-refractivity contribution < 1.29 is 19.2 Å². The van der Waals surface area contributed by atoms with Crippen LogP contribution in [0.15, 0.2) is 36.5 Å². The first-order chi connectivity index (χ1) is 16.5. The maximum absolute atomic E-state index is 13.8. The molecule has 0 spiro atoms. The number of pyridine rings is 1. The van der Waals surface area contributed by atoms with Gasteiger partial charge in [0.05, 0.1) is 11.6 Å². The molecule has 2 aliphatic rings. The summed E-state index contributed by atoms with van der Waals surface area (Å²) in [6.07, 6.45) is 2.91. The summed E-state index contributed by atoms with van der Waals surface area (Å²) in [5.74, 6) is -0.435. The fourth-order valence-corrected chi connectivity index (χ4v) is 4.85. The molecule has 10 heteroatoms. The van der Waals surface area contributed by atoms with Gasteiger partial charge in [-0.15, -0.1) is 0 Å². The lowest BCUT2D eigenvalue weighted by Gasteiger charge is -2.54. The van der Waals surface area contributed by atoms with Gasteiger partial charge in [0, 0.05) is 24.7 Å². The first kappa shape index (κ1) is 23.9. The normalized spacial score (nSPS) is 22.8. The molecule has 3 atom stereocenters. The van der Waals surface area contributed by atoms with Crippen LogP contribution in [0.4, 0.5) is 4.79 Å². The number of hydroxylamine groups is 2. The smallest absolute Gasteiger partial charge is 0.336 e. The van der Waals surface area contributed by atoms with Crippen LogP contribution in [0.25, 0.3) is 10.9 Å². The Hall–Kier alpha value is -3.24. The summed E-state index contributed by atoms with van der Waals surface area (Å²) in [4.78, 5) is 53.0. The Morgan fingerprint density at radius 1 is 1.24 bits per heavy atom. The van der Waals surface area contributed by atoms with E-state index in [1.807, 2.05) is 44.2 Å². The van der Waals surface area contributed by atoms with Crippen LogP contribution < -0.4 is 11.1 Å². The van der Waals surface area contributed by atoms with E-state index < -0.39 is 24.3 Å². The Labute approximate surface area is 199 Å². The van der Waals surface area contributed by atoms with Crippen molar-refractivity contribution in [3.63, 3.8) is 0 Å². The first-order valence-electron chi connectivity index (χ1n) is 11.8. The van der Waals surface area contributed by atoms with Crippen LogP contribution >= 0.6 is 0 Å². The number of carbonyl (C=O) groups is 3. The lowest BCUT2D eigenvalue weighted by molar-refractivity contribution is -0.246. The molecule has 1 aromatic heterocycles. The Balaban J connectivity index is 1.72. The van der Waals surface area contributed by atoms with Crippen LogP contribution in [0.3, 0.4) is 0 Å². The number of amides is 4. The molecule has 3 N–H and O–H groups in total. The number of hydrogen-bond donors (Lipinski definition) is 2. The third-order valence-corrected chi connectivity index (χ3v) is 6.48. The van der Waals surface area contributed by atoms with E-state index in [1.54, 1.807) is 16.0 Å². The molecule has 2 saturated heterocycles. The number of fused-ring (bicyclic) bond motifs is 2. The van der Waals surface area contributed by atoms with Crippen LogP contribution in [-0.4, -0.2) is 75.6 Å². The molecular formula is C24H32N6O4. The van der Waals surface area contributed by atoms with Crippen LogP contribution in [0.1, 0.15) is 38.7 Å². The molecule has 10 nitrogen and oxygen atoms in total. The van der Waals surface area contributed by atoms with Crippen molar-refractivity contribution in [1.82, 2.24) is 25.2 Å².